The van der Waals surface area contributed by atoms with Crippen LogP contribution in [0.4, 0.5) is 0 Å². The highest BCUT2D eigenvalue weighted by Gasteiger charge is 2.10. The molecule has 2 aromatic rings. The van der Waals surface area contributed by atoms with Crippen LogP contribution in [0, 0.1) is 6.92 Å². The van der Waals surface area contributed by atoms with E-state index >= 15 is 0 Å². The van der Waals surface area contributed by atoms with Crippen LogP contribution in [0.2, 0.25) is 0 Å². The third kappa shape index (κ3) is 6.98. The lowest BCUT2D eigenvalue weighted by Crippen LogP contribution is -2.48. The molecule has 0 aromatic heterocycles. The van der Waals surface area contributed by atoms with Crippen LogP contribution in [0.25, 0.3) is 0 Å². The SMILES string of the molecule is CCOCCOc1ccc(C(=O)NC(=S)NNC(=O)c2ccc(C)cc2)cc1. The van der Waals surface area contributed by atoms with Crippen LogP contribution in [0.5, 0.6) is 5.75 Å². The number of rotatable bonds is 7. The van der Waals surface area contributed by atoms with E-state index in [-0.39, 0.29) is 11.0 Å². The molecule has 28 heavy (non-hydrogen) atoms. The first-order valence-corrected chi connectivity index (χ1v) is 9.19. The summed E-state index contributed by atoms with van der Waals surface area (Å²) < 4.78 is 10.7. The number of carbonyl (C=O) groups excluding carboxylic acids is 2. The number of nitrogens with one attached hydrogen (secondary N) is 3. The van der Waals surface area contributed by atoms with Gasteiger partial charge in [-0.05, 0) is 62.5 Å². The third-order valence-corrected chi connectivity index (χ3v) is 3.85. The lowest BCUT2D eigenvalue weighted by molar-refractivity contribution is 0.0934. The molecule has 0 heterocycles. The third-order valence-electron chi connectivity index (χ3n) is 3.65. The lowest BCUT2D eigenvalue weighted by atomic mass is 10.1. The van der Waals surface area contributed by atoms with E-state index in [9.17, 15) is 9.59 Å². The van der Waals surface area contributed by atoms with Crippen LogP contribution >= 0.6 is 12.2 Å². The summed E-state index contributed by atoms with van der Waals surface area (Å²) in [5.74, 6) is -0.115. The first-order valence-electron chi connectivity index (χ1n) is 8.78. The van der Waals surface area contributed by atoms with E-state index in [1.54, 1.807) is 36.4 Å². The molecule has 3 N–H and O–H groups in total. The van der Waals surface area contributed by atoms with E-state index in [2.05, 4.69) is 16.2 Å². The molecule has 0 atom stereocenters. The predicted molar refractivity (Wildman–Crippen MR) is 110 cm³/mol. The summed E-state index contributed by atoms with van der Waals surface area (Å²) in [7, 11) is 0. The van der Waals surface area contributed by atoms with Crippen LogP contribution in [0.3, 0.4) is 0 Å². The zero-order valence-corrected chi connectivity index (χ0v) is 16.6. The second-order valence-electron chi connectivity index (χ2n) is 5.80. The summed E-state index contributed by atoms with van der Waals surface area (Å²) in [6, 6.07) is 13.7. The fourth-order valence-corrected chi connectivity index (χ4v) is 2.31. The van der Waals surface area contributed by atoms with Crippen LogP contribution in [0.15, 0.2) is 48.5 Å². The molecular formula is C20H23N3O4S. The number of hydrogen-bond donors (Lipinski definition) is 3. The van der Waals surface area contributed by atoms with Gasteiger partial charge in [0, 0.05) is 17.7 Å². The van der Waals surface area contributed by atoms with Gasteiger partial charge in [0.1, 0.15) is 12.4 Å². The minimum atomic E-state index is -0.400. The monoisotopic (exact) mass is 401 g/mol. The van der Waals surface area contributed by atoms with Crippen LogP contribution < -0.4 is 20.9 Å². The summed E-state index contributed by atoms with van der Waals surface area (Å²) in [4.78, 5) is 24.2. The maximum absolute atomic E-state index is 12.2. The van der Waals surface area contributed by atoms with Crippen molar-refractivity contribution < 1.29 is 19.1 Å². The van der Waals surface area contributed by atoms with Gasteiger partial charge in [-0.3, -0.25) is 25.8 Å². The van der Waals surface area contributed by atoms with Crippen molar-refractivity contribution in [3.63, 3.8) is 0 Å². The average Bonchev–Trinajstić information content (AvgIpc) is 2.70. The number of ether oxygens (including phenoxy) is 2. The minimum absolute atomic E-state index is 0.0116. The number of hydrazine groups is 1. The molecule has 2 rings (SSSR count). The quantitative estimate of drug-likeness (QED) is 0.375. The van der Waals surface area contributed by atoms with E-state index in [0.29, 0.717) is 36.7 Å². The Labute approximate surface area is 169 Å². The largest absolute Gasteiger partial charge is 0.491 e. The van der Waals surface area contributed by atoms with Gasteiger partial charge in [-0.1, -0.05) is 17.7 Å². The Hall–Kier alpha value is -2.97. The lowest BCUT2D eigenvalue weighted by Gasteiger charge is -2.11. The molecule has 2 amide bonds. The summed E-state index contributed by atoms with van der Waals surface area (Å²) in [5.41, 5.74) is 6.89. The molecule has 0 aliphatic rings. The molecule has 2 aromatic carbocycles. The molecule has 0 saturated heterocycles. The van der Waals surface area contributed by atoms with E-state index in [0.717, 1.165) is 5.56 Å². The average molecular weight is 401 g/mol. The highest BCUT2D eigenvalue weighted by Crippen LogP contribution is 2.12. The van der Waals surface area contributed by atoms with Crippen LogP contribution in [-0.2, 0) is 4.74 Å². The van der Waals surface area contributed by atoms with E-state index in [1.807, 2.05) is 26.0 Å². The van der Waals surface area contributed by atoms with Gasteiger partial charge < -0.3 is 9.47 Å². The molecule has 0 aliphatic heterocycles. The number of hydrogen-bond acceptors (Lipinski definition) is 5. The topological polar surface area (TPSA) is 88.7 Å². The second kappa shape index (κ2) is 11.0. The van der Waals surface area contributed by atoms with E-state index in [1.165, 1.54) is 0 Å². The minimum Gasteiger partial charge on any atom is -0.491 e. The maximum atomic E-state index is 12.2. The van der Waals surface area contributed by atoms with Gasteiger partial charge in [0.2, 0.25) is 0 Å². The van der Waals surface area contributed by atoms with Gasteiger partial charge in [0.05, 0.1) is 6.61 Å². The molecule has 0 saturated carbocycles. The summed E-state index contributed by atoms with van der Waals surface area (Å²) in [6.45, 7) is 5.44. The molecule has 8 heteroatoms. The molecule has 0 bridgehead atoms. The Morgan fingerprint density at radius 1 is 0.893 bits per heavy atom. The molecule has 0 unspecified atom stereocenters. The highest BCUT2D eigenvalue weighted by atomic mass is 32.1. The Balaban J connectivity index is 1.77. The summed E-state index contributed by atoms with van der Waals surface area (Å²) in [6.07, 6.45) is 0. The van der Waals surface area contributed by atoms with Crippen molar-refractivity contribution >= 4 is 29.1 Å². The molecule has 148 valence electrons. The van der Waals surface area contributed by atoms with Crippen molar-refractivity contribution in [3.05, 3.63) is 65.2 Å². The Bertz CT molecular complexity index is 807. The molecule has 0 fully saturated rings. The van der Waals surface area contributed by atoms with Crippen molar-refractivity contribution in [3.8, 4) is 5.75 Å². The molecule has 7 nitrogen and oxygen atoms in total. The highest BCUT2D eigenvalue weighted by molar-refractivity contribution is 7.80. The maximum Gasteiger partial charge on any atom is 0.269 e. The summed E-state index contributed by atoms with van der Waals surface area (Å²) >= 11 is 5.03. The van der Waals surface area contributed by atoms with Gasteiger partial charge >= 0.3 is 0 Å². The number of amides is 2. The number of thiocarbonyl (C=S) groups is 1. The molecule has 0 radical (unpaired) electrons. The van der Waals surface area contributed by atoms with Crippen molar-refractivity contribution in [2.24, 2.45) is 0 Å². The Kier molecular flexibility index (Phi) is 8.38. The molecular weight excluding hydrogens is 378 g/mol. The van der Waals surface area contributed by atoms with Crippen LogP contribution in [0.1, 0.15) is 33.2 Å². The standard InChI is InChI=1S/C20H23N3O4S/c1-3-26-12-13-27-17-10-8-15(9-11-17)18(24)21-20(28)23-22-19(25)16-6-4-14(2)5-7-16/h4-11H,3,12-13H2,1-2H3,(H,22,25)(H2,21,23,24,28). The smallest absolute Gasteiger partial charge is 0.269 e. The number of carbonyl (C=O) groups is 2. The fourth-order valence-electron chi connectivity index (χ4n) is 2.16. The van der Waals surface area contributed by atoms with Gasteiger partial charge in [-0.2, -0.15) is 0 Å². The zero-order chi connectivity index (χ0) is 20.4. The van der Waals surface area contributed by atoms with Gasteiger partial charge in [-0.25, -0.2) is 0 Å². The van der Waals surface area contributed by atoms with Gasteiger partial charge in [-0.15, -0.1) is 0 Å². The van der Waals surface area contributed by atoms with Gasteiger partial charge in [0.15, 0.2) is 5.11 Å². The van der Waals surface area contributed by atoms with Crippen molar-refractivity contribution in [2.45, 2.75) is 13.8 Å². The second-order valence-corrected chi connectivity index (χ2v) is 6.21. The Morgan fingerprint density at radius 2 is 1.50 bits per heavy atom. The van der Waals surface area contributed by atoms with Crippen molar-refractivity contribution in [1.82, 2.24) is 16.2 Å². The number of benzene rings is 2. The van der Waals surface area contributed by atoms with Crippen molar-refractivity contribution in [1.29, 1.82) is 0 Å². The summed E-state index contributed by atoms with van der Waals surface area (Å²) in [5, 5.41) is 2.49. The van der Waals surface area contributed by atoms with E-state index in [4.69, 9.17) is 21.7 Å². The first-order chi connectivity index (χ1) is 13.5. The Morgan fingerprint density at radius 3 is 2.14 bits per heavy atom. The normalized spacial score (nSPS) is 10.1. The van der Waals surface area contributed by atoms with Crippen molar-refractivity contribution in [2.75, 3.05) is 19.8 Å². The van der Waals surface area contributed by atoms with Crippen LogP contribution in [-0.4, -0.2) is 36.7 Å². The fraction of sp³-hybridized carbons (Fsp3) is 0.250. The zero-order valence-electron chi connectivity index (χ0n) is 15.8. The van der Waals surface area contributed by atoms with E-state index < -0.39 is 5.91 Å². The molecule has 0 aliphatic carbocycles. The molecule has 0 spiro atoms. The number of aryl methyl sites for hydroxylation is 1. The first kappa shape index (κ1) is 21.3. The van der Waals surface area contributed by atoms with Gasteiger partial charge in [0.25, 0.3) is 11.8 Å². The predicted octanol–water partition coefficient (Wildman–Crippen LogP) is 2.36.